The smallest absolute Gasteiger partial charge is 0.306 e. The molecule has 2 N–H and O–H groups in total. The van der Waals surface area contributed by atoms with Crippen LogP contribution < -0.4 is 5.73 Å². The first-order valence-corrected chi connectivity index (χ1v) is 6.15. The van der Waals surface area contributed by atoms with Crippen molar-refractivity contribution in [2.45, 2.75) is 24.8 Å². The van der Waals surface area contributed by atoms with E-state index < -0.39 is 0 Å². The van der Waals surface area contributed by atoms with Crippen LogP contribution >= 0.6 is 11.8 Å². The van der Waals surface area contributed by atoms with Gasteiger partial charge in [-0.15, -0.1) is 11.8 Å². The van der Waals surface area contributed by atoms with Gasteiger partial charge >= 0.3 is 5.97 Å². The van der Waals surface area contributed by atoms with Crippen molar-refractivity contribution in [1.29, 1.82) is 0 Å². The number of methoxy groups -OCH3 is 1. The maximum absolute atomic E-state index is 10.9. The van der Waals surface area contributed by atoms with Crippen LogP contribution in [0.15, 0.2) is 23.1 Å². The van der Waals surface area contributed by atoms with Gasteiger partial charge in [0.2, 0.25) is 0 Å². The molecule has 3 nitrogen and oxygen atoms in total. The van der Waals surface area contributed by atoms with Crippen LogP contribution in [0.4, 0.5) is 0 Å². The monoisotopic (exact) mass is 239 g/mol. The summed E-state index contributed by atoms with van der Waals surface area (Å²) in [5, 5.41) is 0. The second-order valence-electron chi connectivity index (χ2n) is 3.47. The number of hydrogen-bond donors (Lipinski definition) is 1. The van der Waals surface area contributed by atoms with Crippen molar-refractivity contribution in [1.82, 2.24) is 0 Å². The zero-order valence-corrected chi connectivity index (χ0v) is 10.5. The second-order valence-corrected chi connectivity index (χ2v) is 4.64. The summed E-state index contributed by atoms with van der Waals surface area (Å²) in [7, 11) is 1.41. The van der Waals surface area contributed by atoms with Gasteiger partial charge in [-0.05, 0) is 30.2 Å². The Kier molecular flexibility index (Phi) is 5.35. The predicted molar refractivity (Wildman–Crippen MR) is 66.4 cm³/mol. The van der Waals surface area contributed by atoms with Crippen LogP contribution in [0.3, 0.4) is 0 Å². The highest BCUT2D eigenvalue weighted by Gasteiger charge is 2.02. The lowest BCUT2D eigenvalue weighted by Gasteiger charge is -2.06. The van der Waals surface area contributed by atoms with Gasteiger partial charge in [-0.25, -0.2) is 0 Å². The van der Waals surface area contributed by atoms with E-state index in [1.54, 1.807) is 11.8 Å². The van der Waals surface area contributed by atoms with Crippen molar-refractivity contribution in [2.24, 2.45) is 5.73 Å². The first kappa shape index (κ1) is 13.1. The molecule has 0 spiro atoms. The maximum atomic E-state index is 10.9. The molecule has 0 heterocycles. The molecule has 0 aliphatic heterocycles. The summed E-state index contributed by atoms with van der Waals surface area (Å²) in [6.07, 6.45) is 0.443. The Morgan fingerprint density at radius 2 is 2.25 bits per heavy atom. The molecule has 0 amide bonds. The number of thioether (sulfide) groups is 1. The number of hydrogen-bond acceptors (Lipinski definition) is 4. The van der Waals surface area contributed by atoms with Gasteiger partial charge in [0.1, 0.15) is 0 Å². The summed E-state index contributed by atoms with van der Waals surface area (Å²) in [5.41, 5.74) is 7.95. The summed E-state index contributed by atoms with van der Waals surface area (Å²) in [5.74, 6) is 0.580. The van der Waals surface area contributed by atoms with Crippen LogP contribution in [0.2, 0.25) is 0 Å². The minimum Gasteiger partial charge on any atom is -0.469 e. The zero-order chi connectivity index (χ0) is 12.0. The average molecular weight is 239 g/mol. The quantitative estimate of drug-likeness (QED) is 0.631. The molecule has 0 radical (unpaired) electrons. The van der Waals surface area contributed by atoms with Crippen molar-refractivity contribution in [2.75, 3.05) is 12.9 Å². The summed E-state index contributed by atoms with van der Waals surface area (Å²) < 4.78 is 4.58. The fourth-order valence-electron chi connectivity index (χ4n) is 1.34. The van der Waals surface area contributed by atoms with Crippen LogP contribution in [0.1, 0.15) is 17.5 Å². The highest BCUT2D eigenvalue weighted by atomic mass is 32.2. The molecule has 0 fully saturated rings. The van der Waals surface area contributed by atoms with Gasteiger partial charge in [0, 0.05) is 17.2 Å². The molecule has 1 aromatic rings. The molecule has 0 unspecified atom stereocenters. The lowest BCUT2D eigenvalue weighted by molar-refractivity contribution is -0.140. The zero-order valence-electron chi connectivity index (χ0n) is 9.66. The third-order valence-corrected chi connectivity index (χ3v) is 3.33. The molecular formula is C12H17NO2S. The Morgan fingerprint density at radius 1 is 1.50 bits per heavy atom. The van der Waals surface area contributed by atoms with E-state index in [9.17, 15) is 4.79 Å². The van der Waals surface area contributed by atoms with Gasteiger partial charge in [-0.3, -0.25) is 4.79 Å². The fraction of sp³-hybridized carbons (Fsp3) is 0.417. The molecule has 0 bridgehead atoms. The van der Waals surface area contributed by atoms with E-state index in [4.69, 9.17) is 5.73 Å². The molecule has 4 heteroatoms. The van der Waals surface area contributed by atoms with E-state index in [2.05, 4.69) is 10.8 Å². The number of carbonyl (C=O) groups is 1. The van der Waals surface area contributed by atoms with Gasteiger partial charge in [0.25, 0.3) is 0 Å². The normalized spacial score (nSPS) is 10.2. The maximum Gasteiger partial charge on any atom is 0.306 e. The molecule has 16 heavy (non-hydrogen) atoms. The number of benzene rings is 1. The molecule has 0 aliphatic rings. The molecule has 0 aromatic heterocycles. The number of aryl methyl sites for hydroxylation is 1. The summed E-state index contributed by atoms with van der Waals surface area (Å²) in [6.45, 7) is 2.62. The third kappa shape index (κ3) is 3.87. The molecular weight excluding hydrogens is 222 g/mol. The number of ether oxygens (including phenoxy) is 1. The molecule has 1 rings (SSSR count). The molecule has 0 aliphatic carbocycles. The van der Waals surface area contributed by atoms with Crippen LogP contribution in [0.5, 0.6) is 0 Å². The van der Waals surface area contributed by atoms with E-state index in [-0.39, 0.29) is 5.97 Å². The minimum atomic E-state index is -0.164. The largest absolute Gasteiger partial charge is 0.469 e. The number of nitrogens with two attached hydrogens (primary N) is 1. The summed E-state index contributed by atoms with van der Waals surface area (Å²) >= 11 is 1.66. The van der Waals surface area contributed by atoms with E-state index in [1.165, 1.54) is 17.6 Å². The van der Waals surface area contributed by atoms with Crippen molar-refractivity contribution >= 4 is 17.7 Å². The lowest BCUT2D eigenvalue weighted by atomic mass is 10.1. The van der Waals surface area contributed by atoms with Crippen molar-refractivity contribution < 1.29 is 9.53 Å². The lowest BCUT2D eigenvalue weighted by Crippen LogP contribution is -2.01. The number of carbonyl (C=O) groups excluding carboxylic acids is 1. The summed E-state index contributed by atoms with van der Waals surface area (Å²) in [6, 6.07) is 6.18. The first-order valence-electron chi connectivity index (χ1n) is 5.16. The van der Waals surface area contributed by atoms with Gasteiger partial charge in [0.05, 0.1) is 13.5 Å². The Bertz CT molecular complexity index is 366. The molecule has 0 atom stereocenters. The number of rotatable bonds is 5. The highest BCUT2D eigenvalue weighted by molar-refractivity contribution is 7.99. The van der Waals surface area contributed by atoms with E-state index in [0.717, 1.165) is 11.3 Å². The first-order chi connectivity index (χ1) is 7.67. The van der Waals surface area contributed by atoms with E-state index >= 15 is 0 Å². The molecule has 0 saturated carbocycles. The minimum absolute atomic E-state index is 0.164. The van der Waals surface area contributed by atoms with Gasteiger partial charge in [0.15, 0.2) is 0 Å². The third-order valence-electron chi connectivity index (χ3n) is 2.34. The Labute approximate surface area is 100 Å². The summed E-state index contributed by atoms with van der Waals surface area (Å²) in [4.78, 5) is 12.1. The predicted octanol–water partition coefficient (Wildman–Crippen LogP) is 2.11. The Balaban J connectivity index is 2.49. The second kappa shape index (κ2) is 6.55. The highest BCUT2D eigenvalue weighted by Crippen LogP contribution is 2.21. The SMILES string of the molecule is COC(=O)CCSc1ccc(CN)c(C)c1. The molecule has 0 saturated heterocycles. The molecule has 1 aromatic carbocycles. The Morgan fingerprint density at radius 3 is 2.81 bits per heavy atom. The van der Waals surface area contributed by atoms with Crippen molar-refractivity contribution in [3.8, 4) is 0 Å². The van der Waals surface area contributed by atoms with Gasteiger partial charge in [-0.2, -0.15) is 0 Å². The van der Waals surface area contributed by atoms with Gasteiger partial charge in [-0.1, -0.05) is 6.07 Å². The van der Waals surface area contributed by atoms with Gasteiger partial charge < -0.3 is 10.5 Å². The van der Waals surface area contributed by atoms with Crippen LogP contribution in [-0.2, 0) is 16.1 Å². The Hall–Kier alpha value is -1.00. The number of esters is 1. The van der Waals surface area contributed by atoms with E-state index in [0.29, 0.717) is 13.0 Å². The average Bonchev–Trinajstić information content (AvgIpc) is 2.29. The fourth-order valence-corrected chi connectivity index (χ4v) is 2.27. The van der Waals surface area contributed by atoms with Crippen LogP contribution in [0, 0.1) is 6.92 Å². The standard InChI is InChI=1S/C12H17NO2S/c1-9-7-11(4-3-10(9)8-13)16-6-5-12(14)15-2/h3-4,7H,5-6,8,13H2,1-2H3. The van der Waals surface area contributed by atoms with Crippen molar-refractivity contribution in [3.05, 3.63) is 29.3 Å². The van der Waals surface area contributed by atoms with E-state index in [1.807, 2.05) is 19.1 Å². The van der Waals surface area contributed by atoms with Crippen molar-refractivity contribution in [3.63, 3.8) is 0 Å². The topological polar surface area (TPSA) is 52.3 Å². The van der Waals surface area contributed by atoms with Crippen LogP contribution in [0.25, 0.3) is 0 Å². The van der Waals surface area contributed by atoms with Crippen LogP contribution in [-0.4, -0.2) is 18.8 Å². The molecule has 88 valence electrons.